The molecule has 100 valence electrons. The van der Waals surface area contributed by atoms with Gasteiger partial charge in [0.15, 0.2) is 5.13 Å². The Kier molecular flexibility index (Phi) is 3.61. The molecule has 8 heteroatoms. The van der Waals surface area contributed by atoms with E-state index in [-0.39, 0.29) is 12.3 Å². The standard InChI is InChI=1S/C11H12N4O3S/c1-6-3-8(15(2)14-6)10(18)13-11-12-7(5-19-11)4-9(16)17/h3,5H,4H2,1-2H3,(H,16,17)(H,12,13,18). The predicted molar refractivity (Wildman–Crippen MR) is 69.4 cm³/mol. The van der Waals surface area contributed by atoms with E-state index in [4.69, 9.17) is 5.11 Å². The maximum Gasteiger partial charge on any atom is 0.309 e. The minimum absolute atomic E-state index is 0.156. The summed E-state index contributed by atoms with van der Waals surface area (Å²) in [4.78, 5) is 26.5. The fourth-order valence-electron chi connectivity index (χ4n) is 1.58. The maximum absolute atomic E-state index is 12.0. The van der Waals surface area contributed by atoms with Gasteiger partial charge < -0.3 is 5.11 Å². The van der Waals surface area contributed by atoms with Crippen molar-refractivity contribution in [1.82, 2.24) is 14.8 Å². The third kappa shape index (κ3) is 3.16. The Morgan fingerprint density at radius 2 is 2.26 bits per heavy atom. The number of carboxylic acids is 1. The first-order valence-electron chi connectivity index (χ1n) is 5.44. The first-order chi connectivity index (χ1) is 8.95. The van der Waals surface area contributed by atoms with E-state index in [1.54, 1.807) is 25.4 Å². The number of aryl methyl sites for hydroxylation is 2. The molecule has 2 aromatic heterocycles. The lowest BCUT2D eigenvalue weighted by Gasteiger charge is -2.01. The highest BCUT2D eigenvalue weighted by molar-refractivity contribution is 7.14. The van der Waals surface area contributed by atoms with Gasteiger partial charge in [-0.1, -0.05) is 0 Å². The fraction of sp³-hybridized carbons (Fsp3) is 0.273. The van der Waals surface area contributed by atoms with Crippen LogP contribution in [0.3, 0.4) is 0 Å². The van der Waals surface area contributed by atoms with Crippen LogP contribution < -0.4 is 5.32 Å². The highest BCUT2D eigenvalue weighted by Crippen LogP contribution is 2.17. The lowest BCUT2D eigenvalue weighted by atomic mass is 10.3. The van der Waals surface area contributed by atoms with E-state index in [0.29, 0.717) is 16.5 Å². The lowest BCUT2D eigenvalue weighted by Crippen LogP contribution is -2.16. The predicted octanol–water partition coefficient (Wildman–Crippen LogP) is 1.06. The van der Waals surface area contributed by atoms with Crippen LogP contribution in [0.2, 0.25) is 0 Å². The molecule has 0 aliphatic heterocycles. The Hall–Kier alpha value is -2.22. The van der Waals surface area contributed by atoms with E-state index >= 15 is 0 Å². The first kappa shape index (κ1) is 13.2. The van der Waals surface area contributed by atoms with Crippen molar-refractivity contribution >= 4 is 28.3 Å². The highest BCUT2D eigenvalue weighted by atomic mass is 32.1. The smallest absolute Gasteiger partial charge is 0.309 e. The molecule has 2 N–H and O–H groups in total. The number of hydrogen-bond acceptors (Lipinski definition) is 5. The molecule has 1 amide bonds. The molecule has 0 aliphatic carbocycles. The van der Waals surface area contributed by atoms with Gasteiger partial charge in [0.2, 0.25) is 0 Å². The van der Waals surface area contributed by atoms with Gasteiger partial charge in [-0.25, -0.2) is 4.98 Å². The Morgan fingerprint density at radius 3 is 2.84 bits per heavy atom. The second-order valence-corrected chi connectivity index (χ2v) is 4.82. The zero-order chi connectivity index (χ0) is 14.0. The van der Waals surface area contributed by atoms with Gasteiger partial charge in [-0.3, -0.25) is 19.6 Å². The molecule has 0 bridgehead atoms. The topological polar surface area (TPSA) is 97.1 Å². The average molecular weight is 280 g/mol. The molecule has 0 aliphatic rings. The van der Waals surface area contributed by atoms with Gasteiger partial charge in [-0.2, -0.15) is 5.10 Å². The molecular formula is C11H12N4O3S. The third-order valence-electron chi connectivity index (χ3n) is 2.34. The van der Waals surface area contributed by atoms with E-state index in [9.17, 15) is 9.59 Å². The van der Waals surface area contributed by atoms with Crippen LogP contribution in [0.25, 0.3) is 0 Å². The van der Waals surface area contributed by atoms with Crippen molar-refractivity contribution in [2.45, 2.75) is 13.3 Å². The molecule has 0 fully saturated rings. The number of nitrogens with zero attached hydrogens (tertiary/aromatic N) is 3. The van der Waals surface area contributed by atoms with E-state index in [0.717, 1.165) is 5.69 Å². The monoisotopic (exact) mass is 280 g/mol. The van der Waals surface area contributed by atoms with Gasteiger partial charge in [0.1, 0.15) is 5.69 Å². The molecule has 0 aromatic carbocycles. The number of carboxylic acid groups (broad SMARTS) is 1. The second kappa shape index (κ2) is 5.19. The molecule has 2 heterocycles. The number of rotatable bonds is 4. The Labute approximate surface area is 112 Å². The van der Waals surface area contributed by atoms with E-state index in [1.165, 1.54) is 16.0 Å². The summed E-state index contributed by atoms with van der Waals surface area (Å²) in [6.45, 7) is 1.80. The number of hydrogen-bond donors (Lipinski definition) is 2. The van der Waals surface area contributed by atoms with Crippen LogP contribution in [0.5, 0.6) is 0 Å². The number of aromatic nitrogens is 3. The van der Waals surface area contributed by atoms with Crippen molar-refractivity contribution < 1.29 is 14.7 Å². The van der Waals surface area contributed by atoms with Gasteiger partial charge in [-0.05, 0) is 13.0 Å². The van der Waals surface area contributed by atoms with Crippen molar-refractivity contribution in [1.29, 1.82) is 0 Å². The van der Waals surface area contributed by atoms with Crippen molar-refractivity contribution in [3.63, 3.8) is 0 Å². The van der Waals surface area contributed by atoms with Gasteiger partial charge in [-0.15, -0.1) is 11.3 Å². The molecule has 7 nitrogen and oxygen atoms in total. The summed E-state index contributed by atoms with van der Waals surface area (Å²) in [6, 6.07) is 1.67. The Balaban J connectivity index is 2.09. The normalized spacial score (nSPS) is 10.4. The van der Waals surface area contributed by atoms with Crippen LogP contribution in [0.15, 0.2) is 11.4 Å². The zero-order valence-electron chi connectivity index (χ0n) is 10.4. The molecule has 2 rings (SSSR count). The summed E-state index contributed by atoms with van der Waals surface area (Å²) in [6.07, 6.45) is -0.156. The lowest BCUT2D eigenvalue weighted by molar-refractivity contribution is -0.136. The quantitative estimate of drug-likeness (QED) is 0.873. The number of nitrogens with one attached hydrogen (secondary N) is 1. The summed E-state index contributed by atoms with van der Waals surface area (Å²) in [5, 5.41) is 17.3. The van der Waals surface area contributed by atoms with Crippen LogP contribution >= 0.6 is 11.3 Å². The number of amides is 1. The highest BCUT2D eigenvalue weighted by Gasteiger charge is 2.14. The molecule has 0 saturated heterocycles. The fourth-order valence-corrected chi connectivity index (χ4v) is 2.29. The summed E-state index contributed by atoms with van der Waals surface area (Å²) in [7, 11) is 1.68. The van der Waals surface area contributed by atoms with Crippen LogP contribution in [-0.4, -0.2) is 31.7 Å². The van der Waals surface area contributed by atoms with Crippen molar-refractivity contribution in [3.05, 3.63) is 28.5 Å². The number of aliphatic carboxylic acids is 1. The zero-order valence-corrected chi connectivity index (χ0v) is 11.2. The van der Waals surface area contributed by atoms with Gasteiger partial charge in [0.25, 0.3) is 5.91 Å². The van der Waals surface area contributed by atoms with Crippen molar-refractivity contribution in [2.75, 3.05) is 5.32 Å². The molecule has 0 spiro atoms. The Bertz CT molecular complexity index is 632. The number of carbonyl (C=O) groups excluding carboxylic acids is 1. The maximum atomic E-state index is 12.0. The second-order valence-electron chi connectivity index (χ2n) is 3.96. The third-order valence-corrected chi connectivity index (χ3v) is 3.15. The SMILES string of the molecule is Cc1cc(C(=O)Nc2nc(CC(=O)O)cs2)n(C)n1. The first-order valence-corrected chi connectivity index (χ1v) is 6.32. The van der Waals surface area contributed by atoms with Crippen LogP contribution in [0, 0.1) is 6.92 Å². The van der Waals surface area contributed by atoms with Crippen LogP contribution in [0.4, 0.5) is 5.13 Å². The summed E-state index contributed by atoms with van der Waals surface area (Å²) < 4.78 is 1.48. The molecule has 19 heavy (non-hydrogen) atoms. The van der Waals surface area contributed by atoms with Crippen LogP contribution in [0.1, 0.15) is 21.9 Å². The van der Waals surface area contributed by atoms with E-state index in [1.807, 2.05) is 0 Å². The van der Waals surface area contributed by atoms with E-state index in [2.05, 4.69) is 15.4 Å². The number of anilines is 1. The molecule has 0 unspecified atom stereocenters. The number of thiazole rings is 1. The Morgan fingerprint density at radius 1 is 1.53 bits per heavy atom. The van der Waals surface area contributed by atoms with Crippen molar-refractivity contribution in [2.24, 2.45) is 7.05 Å². The van der Waals surface area contributed by atoms with Crippen molar-refractivity contribution in [3.8, 4) is 0 Å². The minimum atomic E-state index is -0.953. The van der Waals surface area contributed by atoms with Gasteiger partial charge >= 0.3 is 5.97 Å². The summed E-state index contributed by atoms with van der Waals surface area (Å²) >= 11 is 1.19. The summed E-state index contributed by atoms with van der Waals surface area (Å²) in [5.41, 5.74) is 1.60. The average Bonchev–Trinajstić information content (AvgIpc) is 2.84. The largest absolute Gasteiger partial charge is 0.481 e. The molecule has 0 radical (unpaired) electrons. The number of carbonyl (C=O) groups is 2. The van der Waals surface area contributed by atoms with E-state index < -0.39 is 5.97 Å². The summed E-state index contributed by atoms with van der Waals surface area (Å²) in [5.74, 6) is -1.27. The molecule has 0 saturated carbocycles. The van der Waals surface area contributed by atoms with Gasteiger partial charge in [0, 0.05) is 12.4 Å². The minimum Gasteiger partial charge on any atom is -0.481 e. The molecule has 2 aromatic rings. The van der Waals surface area contributed by atoms with Gasteiger partial charge in [0.05, 0.1) is 17.8 Å². The van der Waals surface area contributed by atoms with Crippen LogP contribution in [-0.2, 0) is 18.3 Å². The molecular weight excluding hydrogens is 268 g/mol. The molecule has 0 atom stereocenters.